The maximum absolute atomic E-state index is 6.35. The SMILES string of the molecule is CC(=S)C1(c2cccc3c2ccn3C(c2ccccc2)c2ccccc2)CNCCO1. The summed E-state index contributed by atoms with van der Waals surface area (Å²) < 4.78 is 8.71. The first-order valence-electron chi connectivity index (χ1n) is 10.8. The lowest BCUT2D eigenvalue weighted by Crippen LogP contribution is -2.51. The van der Waals surface area contributed by atoms with Gasteiger partial charge in [0.2, 0.25) is 0 Å². The Labute approximate surface area is 188 Å². The molecule has 1 fully saturated rings. The second-order valence-electron chi connectivity index (χ2n) is 8.09. The van der Waals surface area contributed by atoms with E-state index in [0.717, 1.165) is 17.0 Å². The van der Waals surface area contributed by atoms with Gasteiger partial charge in [-0.05, 0) is 35.7 Å². The summed E-state index contributed by atoms with van der Waals surface area (Å²) in [6, 6.07) is 30.1. The van der Waals surface area contributed by atoms with E-state index in [1.165, 1.54) is 22.0 Å². The molecule has 4 aromatic rings. The Hall–Kier alpha value is -2.79. The second kappa shape index (κ2) is 8.39. The van der Waals surface area contributed by atoms with Crippen LogP contribution < -0.4 is 5.32 Å². The highest BCUT2D eigenvalue weighted by atomic mass is 32.1. The van der Waals surface area contributed by atoms with Crippen LogP contribution in [0.25, 0.3) is 10.9 Å². The number of rotatable bonds is 5. The van der Waals surface area contributed by atoms with Gasteiger partial charge in [-0.2, -0.15) is 0 Å². The summed E-state index contributed by atoms with van der Waals surface area (Å²) >= 11 is 5.71. The van der Waals surface area contributed by atoms with Crippen LogP contribution in [0.2, 0.25) is 0 Å². The highest BCUT2D eigenvalue weighted by Crippen LogP contribution is 2.37. The summed E-state index contributed by atoms with van der Waals surface area (Å²) in [5.41, 5.74) is 4.26. The molecule has 1 atom stereocenters. The zero-order chi connectivity index (χ0) is 21.3. The minimum Gasteiger partial charge on any atom is -0.362 e. The average Bonchev–Trinajstić information content (AvgIpc) is 3.25. The van der Waals surface area contributed by atoms with Gasteiger partial charge in [-0.25, -0.2) is 0 Å². The van der Waals surface area contributed by atoms with Crippen molar-refractivity contribution in [2.24, 2.45) is 0 Å². The molecule has 3 aromatic carbocycles. The molecular formula is C27H26N2OS. The molecule has 0 amide bonds. The van der Waals surface area contributed by atoms with E-state index in [1.54, 1.807) is 0 Å². The monoisotopic (exact) mass is 426 g/mol. The van der Waals surface area contributed by atoms with Crippen molar-refractivity contribution < 1.29 is 4.74 Å². The maximum Gasteiger partial charge on any atom is 0.137 e. The topological polar surface area (TPSA) is 26.2 Å². The van der Waals surface area contributed by atoms with Crippen LogP contribution in [0.15, 0.2) is 91.1 Å². The fraction of sp³-hybridized carbons (Fsp3) is 0.222. The van der Waals surface area contributed by atoms with Gasteiger partial charge in [0.1, 0.15) is 5.60 Å². The molecule has 1 aliphatic rings. The number of morpholine rings is 1. The van der Waals surface area contributed by atoms with Gasteiger partial charge < -0.3 is 14.6 Å². The van der Waals surface area contributed by atoms with E-state index in [4.69, 9.17) is 17.0 Å². The third kappa shape index (κ3) is 3.51. The van der Waals surface area contributed by atoms with Crippen LogP contribution in [0, 0.1) is 0 Å². The number of nitrogens with zero attached hydrogens (tertiary/aromatic N) is 1. The van der Waals surface area contributed by atoms with Crippen molar-refractivity contribution >= 4 is 28.0 Å². The molecule has 0 bridgehead atoms. The Morgan fingerprint density at radius 3 is 2.19 bits per heavy atom. The molecule has 1 aliphatic heterocycles. The first-order chi connectivity index (χ1) is 15.2. The predicted octanol–water partition coefficient (Wildman–Crippen LogP) is 5.48. The minimum absolute atomic E-state index is 0.0880. The van der Waals surface area contributed by atoms with Crippen LogP contribution >= 0.6 is 12.2 Å². The Kier molecular flexibility index (Phi) is 5.45. The smallest absolute Gasteiger partial charge is 0.137 e. The van der Waals surface area contributed by atoms with Gasteiger partial charge in [0.25, 0.3) is 0 Å². The van der Waals surface area contributed by atoms with Crippen molar-refractivity contribution in [3.63, 3.8) is 0 Å². The lowest BCUT2D eigenvalue weighted by Gasteiger charge is -2.38. The van der Waals surface area contributed by atoms with Crippen LogP contribution in [0.4, 0.5) is 0 Å². The number of ether oxygens (including phenoxy) is 1. The van der Waals surface area contributed by atoms with Crippen molar-refractivity contribution in [1.82, 2.24) is 9.88 Å². The lowest BCUT2D eigenvalue weighted by atomic mass is 9.87. The van der Waals surface area contributed by atoms with Crippen molar-refractivity contribution in [2.45, 2.75) is 18.6 Å². The highest BCUT2D eigenvalue weighted by Gasteiger charge is 2.39. The van der Waals surface area contributed by atoms with E-state index >= 15 is 0 Å². The summed E-state index contributed by atoms with van der Waals surface area (Å²) in [6.45, 7) is 4.20. The molecule has 3 nitrogen and oxygen atoms in total. The third-order valence-corrected chi connectivity index (χ3v) is 6.61. The van der Waals surface area contributed by atoms with E-state index < -0.39 is 5.60 Å². The Balaban J connectivity index is 1.71. The van der Waals surface area contributed by atoms with Crippen molar-refractivity contribution in [2.75, 3.05) is 19.7 Å². The van der Waals surface area contributed by atoms with Crippen LogP contribution in [-0.4, -0.2) is 29.1 Å². The molecule has 1 unspecified atom stereocenters. The van der Waals surface area contributed by atoms with E-state index in [9.17, 15) is 0 Å². The molecule has 156 valence electrons. The van der Waals surface area contributed by atoms with Crippen molar-refractivity contribution in [3.05, 3.63) is 108 Å². The molecule has 5 rings (SSSR count). The number of nitrogens with one attached hydrogen (secondary N) is 1. The van der Waals surface area contributed by atoms with Gasteiger partial charge in [0.05, 0.1) is 12.6 Å². The molecule has 31 heavy (non-hydrogen) atoms. The normalized spacial score (nSPS) is 19.0. The first-order valence-corrected chi connectivity index (χ1v) is 11.2. The van der Waals surface area contributed by atoms with Gasteiger partial charge in [-0.3, -0.25) is 0 Å². The van der Waals surface area contributed by atoms with Gasteiger partial charge >= 0.3 is 0 Å². The molecule has 0 saturated carbocycles. The molecule has 1 aromatic heterocycles. The molecule has 2 heterocycles. The Bertz CT molecular complexity index is 1150. The molecule has 4 heteroatoms. The van der Waals surface area contributed by atoms with Crippen LogP contribution in [0.3, 0.4) is 0 Å². The number of fused-ring (bicyclic) bond motifs is 1. The summed E-state index contributed by atoms with van der Waals surface area (Å²) in [4.78, 5) is 0.864. The number of hydrogen-bond donors (Lipinski definition) is 1. The van der Waals surface area contributed by atoms with E-state index in [2.05, 4.69) is 101 Å². The van der Waals surface area contributed by atoms with E-state index in [-0.39, 0.29) is 6.04 Å². The van der Waals surface area contributed by atoms with Crippen molar-refractivity contribution in [1.29, 1.82) is 0 Å². The summed E-state index contributed by atoms with van der Waals surface area (Å²) in [6.07, 6.45) is 2.20. The zero-order valence-electron chi connectivity index (χ0n) is 17.6. The molecule has 0 radical (unpaired) electrons. The highest BCUT2D eigenvalue weighted by molar-refractivity contribution is 7.80. The molecule has 0 aliphatic carbocycles. The largest absolute Gasteiger partial charge is 0.362 e. The maximum atomic E-state index is 6.35. The van der Waals surface area contributed by atoms with E-state index in [1.807, 2.05) is 6.92 Å². The van der Waals surface area contributed by atoms with Gasteiger partial charge in [-0.15, -0.1) is 0 Å². The van der Waals surface area contributed by atoms with Crippen LogP contribution in [-0.2, 0) is 10.3 Å². The number of benzene rings is 3. The molecular weight excluding hydrogens is 400 g/mol. The Morgan fingerprint density at radius 2 is 1.61 bits per heavy atom. The third-order valence-electron chi connectivity index (χ3n) is 6.28. The lowest BCUT2D eigenvalue weighted by molar-refractivity contribution is -0.0168. The van der Waals surface area contributed by atoms with E-state index in [0.29, 0.717) is 13.2 Å². The fourth-order valence-corrected chi connectivity index (χ4v) is 4.99. The number of hydrogen-bond acceptors (Lipinski definition) is 3. The summed E-state index contributed by atoms with van der Waals surface area (Å²) in [5.74, 6) is 0. The predicted molar refractivity (Wildman–Crippen MR) is 131 cm³/mol. The second-order valence-corrected chi connectivity index (χ2v) is 8.71. The molecule has 1 N–H and O–H groups in total. The van der Waals surface area contributed by atoms with Crippen molar-refractivity contribution in [3.8, 4) is 0 Å². The fourth-order valence-electron chi connectivity index (χ4n) is 4.75. The van der Waals surface area contributed by atoms with Crippen LogP contribution in [0.1, 0.15) is 29.7 Å². The molecule has 1 saturated heterocycles. The standard InChI is InChI=1S/C27H26N2OS/c1-20(31)27(19-28-16-18-30-27)24-13-8-14-25-23(24)15-17-29(25)26(21-9-4-2-5-10-21)22-11-6-3-7-12-22/h2-15,17,26,28H,16,18-19H2,1H3. The number of thiocarbonyl (C=S) groups is 1. The molecule has 0 spiro atoms. The summed E-state index contributed by atoms with van der Waals surface area (Å²) in [7, 11) is 0. The van der Waals surface area contributed by atoms with Gasteiger partial charge in [0, 0.05) is 35.1 Å². The Morgan fingerprint density at radius 1 is 0.935 bits per heavy atom. The quantitative estimate of drug-likeness (QED) is 0.428. The summed E-state index contributed by atoms with van der Waals surface area (Å²) in [5, 5.41) is 4.67. The zero-order valence-corrected chi connectivity index (χ0v) is 18.4. The van der Waals surface area contributed by atoms with Gasteiger partial charge in [-0.1, -0.05) is 85.0 Å². The van der Waals surface area contributed by atoms with Gasteiger partial charge in [0.15, 0.2) is 0 Å². The minimum atomic E-state index is -0.575. The first kappa shape index (κ1) is 20.1. The number of aromatic nitrogens is 1. The van der Waals surface area contributed by atoms with Crippen LogP contribution in [0.5, 0.6) is 0 Å². The average molecular weight is 427 g/mol.